The third-order valence-corrected chi connectivity index (χ3v) is 4.50. The monoisotopic (exact) mass is 241 g/mol. The van der Waals surface area contributed by atoms with Crippen LogP contribution in [0.15, 0.2) is 0 Å². The predicted molar refractivity (Wildman–Crippen MR) is 70.3 cm³/mol. The Morgan fingerprint density at radius 2 is 2.06 bits per heavy atom. The van der Waals surface area contributed by atoms with Crippen molar-refractivity contribution in [3.8, 4) is 0 Å². The number of carbonyl (C=O) groups is 1. The fourth-order valence-corrected chi connectivity index (χ4v) is 2.76. The Kier molecular flexibility index (Phi) is 4.95. The molecule has 3 unspecified atom stereocenters. The largest absolute Gasteiger partial charge is 0.356 e. The lowest BCUT2D eigenvalue weighted by Gasteiger charge is -2.46. The van der Waals surface area contributed by atoms with Gasteiger partial charge in [-0.15, -0.1) is 0 Å². The van der Waals surface area contributed by atoms with E-state index in [4.69, 9.17) is 11.5 Å². The average Bonchev–Trinajstić information content (AvgIpc) is 2.26. The Morgan fingerprint density at radius 3 is 2.65 bits per heavy atom. The summed E-state index contributed by atoms with van der Waals surface area (Å²) in [6.07, 6.45) is 2.68. The molecule has 0 radical (unpaired) electrons. The van der Waals surface area contributed by atoms with E-state index in [0.717, 1.165) is 19.3 Å². The van der Waals surface area contributed by atoms with Crippen LogP contribution in [0.25, 0.3) is 0 Å². The van der Waals surface area contributed by atoms with Crippen LogP contribution < -0.4 is 16.8 Å². The lowest BCUT2D eigenvalue weighted by molar-refractivity contribution is -0.132. The van der Waals surface area contributed by atoms with Gasteiger partial charge in [-0.3, -0.25) is 4.79 Å². The fraction of sp³-hybridized carbons (Fsp3) is 0.923. The van der Waals surface area contributed by atoms with Crippen LogP contribution in [0.1, 0.15) is 40.0 Å². The van der Waals surface area contributed by atoms with Crippen LogP contribution in [0.3, 0.4) is 0 Å². The molecule has 0 aromatic heterocycles. The number of hydrogen-bond donors (Lipinski definition) is 3. The topological polar surface area (TPSA) is 81.1 Å². The van der Waals surface area contributed by atoms with Crippen molar-refractivity contribution in [2.45, 2.75) is 46.1 Å². The quantitative estimate of drug-likeness (QED) is 0.638. The Balaban J connectivity index is 2.60. The van der Waals surface area contributed by atoms with Crippen LogP contribution in [-0.2, 0) is 4.79 Å². The summed E-state index contributed by atoms with van der Waals surface area (Å²) in [5.41, 5.74) is 11.5. The summed E-state index contributed by atoms with van der Waals surface area (Å²) >= 11 is 0. The molecule has 1 aliphatic carbocycles. The molecule has 1 amide bonds. The smallest absolute Gasteiger partial charge is 0.223 e. The van der Waals surface area contributed by atoms with Crippen LogP contribution in [0.4, 0.5) is 0 Å². The molecule has 0 spiro atoms. The number of amides is 1. The van der Waals surface area contributed by atoms with Crippen molar-refractivity contribution >= 4 is 5.91 Å². The molecule has 1 aliphatic rings. The Hall–Kier alpha value is -0.610. The van der Waals surface area contributed by atoms with Crippen molar-refractivity contribution in [1.29, 1.82) is 0 Å². The zero-order chi connectivity index (χ0) is 13.1. The van der Waals surface area contributed by atoms with E-state index < -0.39 is 0 Å². The van der Waals surface area contributed by atoms with E-state index in [9.17, 15) is 4.79 Å². The summed E-state index contributed by atoms with van der Waals surface area (Å²) < 4.78 is 0. The summed E-state index contributed by atoms with van der Waals surface area (Å²) in [5.74, 6) is 0.624. The van der Waals surface area contributed by atoms with Gasteiger partial charge in [0, 0.05) is 18.5 Å². The molecular formula is C13H27N3O. The van der Waals surface area contributed by atoms with Crippen molar-refractivity contribution in [1.82, 2.24) is 5.32 Å². The molecule has 0 bridgehead atoms. The summed E-state index contributed by atoms with van der Waals surface area (Å²) in [7, 11) is 0. The van der Waals surface area contributed by atoms with Crippen LogP contribution in [0, 0.1) is 17.3 Å². The van der Waals surface area contributed by atoms with Crippen LogP contribution in [-0.4, -0.2) is 25.0 Å². The average molecular weight is 241 g/mol. The Labute approximate surface area is 105 Å². The lowest BCUT2D eigenvalue weighted by Crippen LogP contribution is -2.51. The van der Waals surface area contributed by atoms with Crippen LogP contribution in [0.2, 0.25) is 0 Å². The molecule has 0 aromatic carbocycles. The number of nitrogens with one attached hydrogen (secondary N) is 1. The van der Waals surface area contributed by atoms with Gasteiger partial charge in [-0.2, -0.15) is 0 Å². The Bertz CT molecular complexity index is 265. The van der Waals surface area contributed by atoms with E-state index in [1.807, 2.05) is 0 Å². The van der Waals surface area contributed by atoms with Gasteiger partial charge in [0.25, 0.3) is 0 Å². The summed E-state index contributed by atoms with van der Waals surface area (Å²) in [5, 5.41) is 2.98. The highest BCUT2D eigenvalue weighted by Crippen LogP contribution is 2.44. The second-order valence-electron chi connectivity index (χ2n) is 5.84. The first-order valence-electron chi connectivity index (χ1n) is 6.64. The fourth-order valence-electron chi connectivity index (χ4n) is 2.76. The number of rotatable bonds is 4. The van der Waals surface area contributed by atoms with Gasteiger partial charge >= 0.3 is 0 Å². The van der Waals surface area contributed by atoms with Gasteiger partial charge in [-0.25, -0.2) is 0 Å². The molecule has 4 heteroatoms. The highest BCUT2D eigenvalue weighted by Gasteiger charge is 2.44. The summed E-state index contributed by atoms with van der Waals surface area (Å²) in [4.78, 5) is 12.1. The standard InChI is InChI=1S/C13H27N3O/c1-9-11(15)6-5-10(13(9,2)3)12(17)16-8-4-7-14/h9-11H,4-8,14-15H2,1-3H3,(H,16,17). The third kappa shape index (κ3) is 3.19. The molecule has 5 N–H and O–H groups in total. The SMILES string of the molecule is CC1C(N)CCC(C(=O)NCCCN)C1(C)C. The van der Waals surface area contributed by atoms with Gasteiger partial charge < -0.3 is 16.8 Å². The van der Waals surface area contributed by atoms with Gasteiger partial charge in [-0.05, 0) is 37.1 Å². The summed E-state index contributed by atoms with van der Waals surface area (Å²) in [6.45, 7) is 7.77. The number of carbonyl (C=O) groups excluding carboxylic acids is 1. The van der Waals surface area contributed by atoms with E-state index >= 15 is 0 Å². The van der Waals surface area contributed by atoms with Crippen molar-refractivity contribution in [3.63, 3.8) is 0 Å². The Morgan fingerprint density at radius 1 is 1.41 bits per heavy atom. The lowest BCUT2D eigenvalue weighted by atomic mass is 9.61. The zero-order valence-electron chi connectivity index (χ0n) is 11.3. The second-order valence-corrected chi connectivity index (χ2v) is 5.84. The number of hydrogen-bond acceptors (Lipinski definition) is 3. The van der Waals surface area contributed by atoms with Gasteiger partial charge in [-0.1, -0.05) is 20.8 Å². The van der Waals surface area contributed by atoms with Crippen molar-refractivity contribution in [2.75, 3.05) is 13.1 Å². The number of nitrogens with two attached hydrogens (primary N) is 2. The van der Waals surface area contributed by atoms with Crippen molar-refractivity contribution in [2.24, 2.45) is 28.7 Å². The van der Waals surface area contributed by atoms with E-state index in [-0.39, 0.29) is 23.3 Å². The first-order chi connectivity index (χ1) is 7.91. The summed E-state index contributed by atoms with van der Waals surface area (Å²) in [6, 6.07) is 0.220. The predicted octanol–water partition coefficient (Wildman–Crippen LogP) is 0.851. The van der Waals surface area contributed by atoms with Gasteiger partial charge in [0.15, 0.2) is 0 Å². The van der Waals surface area contributed by atoms with Gasteiger partial charge in [0.2, 0.25) is 5.91 Å². The first-order valence-corrected chi connectivity index (χ1v) is 6.64. The second kappa shape index (κ2) is 5.83. The minimum atomic E-state index is -0.0233. The van der Waals surface area contributed by atoms with Crippen LogP contribution in [0.5, 0.6) is 0 Å². The minimum absolute atomic E-state index is 0.0233. The molecule has 1 saturated carbocycles. The minimum Gasteiger partial charge on any atom is -0.356 e. The highest BCUT2D eigenvalue weighted by atomic mass is 16.1. The van der Waals surface area contributed by atoms with Gasteiger partial charge in [0.05, 0.1) is 0 Å². The van der Waals surface area contributed by atoms with Crippen molar-refractivity contribution < 1.29 is 4.79 Å². The first kappa shape index (κ1) is 14.5. The molecule has 0 saturated heterocycles. The zero-order valence-corrected chi connectivity index (χ0v) is 11.3. The molecule has 100 valence electrons. The van der Waals surface area contributed by atoms with E-state index in [1.165, 1.54) is 0 Å². The highest BCUT2D eigenvalue weighted by molar-refractivity contribution is 5.79. The van der Waals surface area contributed by atoms with E-state index in [2.05, 4.69) is 26.1 Å². The third-order valence-electron chi connectivity index (χ3n) is 4.50. The molecule has 3 atom stereocenters. The van der Waals surface area contributed by atoms with Crippen LogP contribution >= 0.6 is 0 Å². The molecule has 17 heavy (non-hydrogen) atoms. The van der Waals surface area contributed by atoms with E-state index in [1.54, 1.807) is 0 Å². The maximum absolute atomic E-state index is 12.1. The molecule has 0 aliphatic heterocycles. The van der Waals surface area contributed by atoms with Gasteiger partial charge in [0.1, 0.15) is 0 Å². The maximum Gasteiger partial charge on any atom is 0.223 e. The normalized spacial score (nSPS) is 32.2. The molecule has 1 rings (SSSR count). The van der Waals surface area contributed by atoms with E-state index in [0.29, 0.717) is 19.0 Å². The molecular weight excluding hydrogens is 214 g/mol. The molecule has 0 heterocycles. The maximum atomic E-state index is 12.1. The molecule has 1 fully saturated rings. The van der Waals surface area contributed by atoms with Crippen molar-refractivity contribution in [3.05, 3.63) is 0 Å². The molecule has 4 nitrogen and oxygen atoms in total. The molecule has 0 aromatic rings.